The van der Waals surface area contributed by atoms with Gasteiger partial charge in [-0.25, -0.2) is 9.59 Å². The van der Waals surface area contributed by atoms with Crippen molar-refractivity contribution in [2.24, 2.45) is 0 Å². The molecule has 0 aliphatic rings. The molecule has 0 aliphatic carbocycles. The van der Waals surface area contributed by atoms with Crippen molar-refractivity contribution in [1.82, 2.24) is 0 Å². The molecule has 6 heteroatoms. The van der Waals surface area contributed by atoms with Gasteiger partial charge in [-0.1, -0.05) is 30.3 Å². The molecule has 6 nitrogen and oxygen atoms in total. The SMILES string of the molecule is COC(=O)C(=CC(C=[O+][O-])c1ccccc1)C(=O)OC. The molecule has 1 unspecified atom stereocenters. The summed E-state index contributed by atoms with van der Waals surface area (Å²) in [6.45, 7) is 0. The molecule has 0 N–H and O–H groups in total. The van der Waals surface area contributed by atoms with Crippen LogP contribution in [0.15, 0.2) is 42.0 Å². The van der Waals surface area contributed by atoms with Crippen LogP contribution < -0.4 is 5.26 Å². The third kappa shape index (κ3) is 3.94. The van der Waals surface area contributed by atoms with Gasteiger partial charge in [-0.3, -0.25) is 0 Å². The van der Waals surface area contributed by atoms with Crippen molar-refractivity contribution in [3.05, 3.63) is 47.5 Å². The monoisotopic (exact) mass is 278 g/mol. The predicted molar refractivity (Wildman–Crippen MR) is 67.4 cm³/mol. The van der Waals surface area contributed by atoms with E-state index in [4.69, 9.17) is 0 Å². The lowest BCUT2D eigenvalue weighted by Crippen LogP contribution is -2.18. The summed E-state index contributed by atoms with van der Waals surface area (Å²) in [4.78, 5) is 23.1. The van der Waals surface area contributed by atoms with E-state index < -0.39 is 17.9 Å². The van der Waals surface area contributed by atoms with Gasteiger partial charge in [0, 0.05) is 0 Å². The van der Waals surface area contributed by atoms with Crippen LogP contribution in [0, 0.1) is 0 Å². The molecule has 20 heavy (non-hydrogen) atoms. The summed E-state index contributed by atoms with van der Waals surface area (Å²) in [7, 11) is 2.29. The van der Waals surface area contributed by atoms with E-state index in [0.717, 1.165) is 20.5 Å². The predicted octanol–water partition coefficient (Wildman–Crippen LogP) is 0.0525. The first-order valence-corrected chi connectivity index (χ1v) is 5.69. The van der Waals surface area contributed by atoms with Gasteiger partial charge in [-0.2, -0.15) is 4.58 Å². The van der Waals surface area contributed by atoms with Gasteiger partial charge in [0.15, 0.2) is 0 Å². The third-order valence-corrected chi connectivity index (χ3v) is 2.54. The van der Waals surface area contributed by atoms with Crippen molar-refractivity contribution in [1.29, 1.82) is 0 Å². The van der Waals surface area contributed by atoms with Gasteiger partial charge in [-0.05, 0) is 11.6 Å². The average Bonchev–Trinajstić information content (AvgIpc) is 2.50. The van der Waals surface area contributed by atoms with Gasteiger partial charge in [-0.15, -0.1) is 0 Å². The average molecular weight is 278 g/mol. The molecule has 0 bridgehead atoms. The Kier molecular flexibility index (Phi) is 5.96. The number of allylic oxidation sites excluding steroid dienone is 1. The normalized spacial score (nSPS) is 11.7. The second-order valence-corrected chi connectivity index (χ2v) is 3.73. The summed E-state index contributed by atoms with van der Waals surface area (Å²) in [5.41, 5.74) is 0.366. The van der Waals surface area contributed by atoms with Gasteiger partial charge >= 0.3 is 18.2 Å². The highest BCUT2D eigenvalue weighted by Gasteiger charge is 2.23. The zero-order valence-electron chi connectivity index (χ0n) is 11.1. The lowest BCUT2D eigenvalue weighted by molar-refractivity contribution is -1.04. The molecular formula is C14H14O6. The minimum absolute atomic E-state index is 0.308. The number of ether oxygens (including phenoxy) is 2. The highest BCUT2D eigenvalue weighted by atomic mass is 17.1. The van der Waals surface area contributed by atoms with Crippen molar-refractivity contribution in [3.63, 3.8) is 0 Å². The van der Waals surface area contributed by atoms with Crippen molar-refractivity contribution in [2.75, 3.05) is 14.2 Å². The topological polar surface area (TPSA) is 87.0 Å². The summed E-state index contributed by atoms with van der Waals surface area (Å²) in [5, 5.41) is 10.4. The first-order valence-electron chi connectivity index (χ1n) is 5.69. The maximum atomic E-state index is 11.6. The highest BCUT2D eigenvalue weighted by molar-refractivity contribution is 6.14. The van der Waals surface area contributed by atoms with Crippen molar-refractivity contribution < 1.29 is 28.9 Å². The number of hydrogen-bond donors (Lipinski definition) is 0. The van der Waals surface area contributed by atoms with E-state index in [0.29, 0.717) is 5.56 Å². The number of methoxy groups -OCH3 is 2. The Morgan fingerprint density at radius 2 is 1.70 bits per heavy atom. The molecule has 0 aliphatic heterocycles. The second-order valence-electron chi connectivity index (χ2n) is 3.73. The van der Waals surface area contributed by atoms with Crippen LogP contribution in [0.4, 0.5) is 0 Å². The molecule has 0 heterocycles. The maximum Gasteiger partial charge on any atom is 0.345 e. The smallest absolute Gasteiger partial charge is 0.345 e. The number of carbonyl (C=O) groups excluding carboxylic acids is 3. The number of esters is 2. The summed E-state index contributed by atoms with van der Waals surface area (Å²) >= 11 is 0. The molecule has 0 saturated carbocycles. The maximum absolute atomic E-state index is 11.6. The second kappa shape index (κ2) is 7.73. The molecule has 0 saturated heterocycles. The Hall–Kier alpha value is -2.63. The Bertz CT molecular complexity index is 500. The summed E-state index contributed by atoms with van der Waals surface area (Å²) in [6, 6.07) is 8.76. The van der Waals surface area contributed by atoms with E-state index in [-0.39, 0.29) is 5.57 Å². The summed E-state index contributed by atoms with van der Waals surface area (Å²) in [6.07, 6.45) is 2.21. The first kappa shape index (κ1) is 15.4. The minimum Gasteiger partial charge on any atom is -0.465 e. The van der Waals surface area contributed by atoms with Gasteiger partial charge in [0.1, 0.15) is 11.5 Å². The van der Waals surface area contributed by atoms with Crippen molar-refractivity contribution >= 4 is 18.2 Å². The molecule has 106 valence electrons. The fourth-order valence-electron chi connectivity index (χ4n) is 1.57. The quantitative estimate of drug-likeness (QED) is 0.111. The number of benzene rings is 1. The Balaban J connectivity index is 3.22. The molecule has 1 aromatic carbocycles. The fourth-order valence-corrected chi connectivity index (χ4v) is 1.57. The van der Waals surface area contributed by atoms with Gasteiger partial charge in [0.2, 0.25) is 0 Å². The molecule has 1 aromatic rings. The standard InChI is InChI=1S/C14H14O6/c1-18-13(15)12(14(16)19-2)8-11(9-20-17)10-6-4-3-5-7-10/h3-9,11H,1-2H3. The van der Waals surface area contributed by atoms with Crippen LogP contribution in [-0.4, -0.2) is 32.4 Å². The number of hydrogen-bond acceptors (Lipinski definition) is 5. The van der Waals surface area contributed by atoms with Crippen LogP contribution in [-0.2, 0) is 23.6 Å². The Morgan fingerprint density at radius 3 is 2.15 bits per heavy atom. The minimum atomic E-state index is -0.850. The summed E-state index contributed by atoms with van der Waals surface area (Å²) in [5.74, 6) is -2.38. The zero-order valence-corrected chi connectivity index (χ0v) is 11.1. The van der Waals surface area contributed by atoms with Crippen LogP contribution in [0.2, 0.25) is 0 Å². The zero-order chi connectivity index (χ0) is 15.0. The van der Waals surface area contributed by atoms with Gasteiger partial charge < -0.3 is 14.7 Å². The molecule has 0 spiro atoms. The van der Waals surface area contributed by atoms with E-state index in [1.165, 1.54) is 6.08 Å². The first-order chi connectivity index (χ1) is 9.63. The third-order valence-electron chi connectivity index (χ3n) is 2.54. The number of carbonyl (C=O) groups is 2. The van der Waals surface area contributed by atoms with E-state index in [2.05, 4.69) is 14.0 Å². The van der Waals surface area contributed by atoms with Crippen LogP contribution in [0.3, 0.4) is 0 Å². The lowest BCUT2D eigenvalue weighted by atomic mass is 9.98. The fraction of sp³-hybridized carbons (Fsp3) is 0.214. The van der Waals surface area contributed by atoms with Gasteiger partial charge in [0.25, 0.3) is 0 Å². The molecule has 0 fully saturated rings. The molecular weight excluding hydrogens is 264 g/mol. The molecule has 1 atom stereocenters. The molecule has 0 radical (unpaired) electrons. The van der Waals surface area contributed by atoms with E-state index >= 15 is 0 Å². The van der Waals surface area contributed by atoms with E-state index in [9.17, 15) is 14.8 Å². The Labute approximate surface area is 115 Å². The number of rotatable bonds is 5. The van der Waals surface area contributed by atoms with Crippen LogP contribution >= 0.6 is 0 Å². The molecule has 0 aromatic heterocycles. The lowest BCUT2D eigenvalue weighted by Gasteiger charge is -2.07. The Morgan fingerprint density at radius 1 is 1.15 bits per heavy atom. The van der Waals surface area contributed by atoms with Crippen LogP contribution in [0.1, 0.15) is 11.5 Å². The van der Waals surface area contributed by atoms with E-state index in [1.54, 1.807) is 30.3 Å². The number of aldehydes is 1. The van der Waals surface area contributed by atoms with Crippen molar-refractivity contribution in [3.8, 4) is 0 Å². The highest BCUT2D eigenvalue weighted by Crippen LogP contribution is 2.17. The summed E-state index contributed by atoms with van der Waals surface area (Å²) < 4.78 is 12.8. The van der Waals surface area contributed by atoms with Crippen LogP contribution in [0.5, 0.6) is 0 Å². The largest absolute Gasteiger partial charge is 0.465 e. The van der Waals surface area contributed by atoms with E-state index in [1.807, 2.05) is 0 Å². The van der Waals surface area contributed by atoms with Gasteiger partial charge in [0.05, 0.1) is 14.2 Å². The molecule has 0 amide bonds. The van der Waals surface area contributed by atoms with Crippen LogP contribution in [0.25, 0.3) is 0 Å². The van der Waals surface area contributed by atoms with Crippen molar-refractivity contribution in [2.45, 2.75) is 5.92 Å². The molecule has 1 rings (SSSR count).